The predicted molar refractivity (Wildman–Crippen MR) is 86.7 cm³/mol. The van der Waals surface area contributed by atoms with E-state index in [1.807, 2.05) is 0 Å². The van der Waals surface area contributed by atoms with Crippen LogP contribution in [0, 0.1) is 5.92 Å². The molecule has 1 aliphatic carbocycles. The summed E-state index contributed by atoms with van der Waals surface area (Å²) in [5.74, 6) is 1.78. The molecule has 2 fully saturated rings. The highest BCUT2D eigenvalue weighted by atomic mass is 16.5. The van der Waals surface area contributed by atoms with Crippen molar-refractivity contribution in [2.24, 2.45) is 5.92 Å². The predicted octanol–water partition coefficient (Wildman–Crippen LogP) is 3.22. The van der Waals surface area contributed by atoms with Gasteiger partial charge in [-0.2, -0.15) is 0 Å². The van der Waals surface area contributed by atoms with Gasteiger partial charge < -0.3 is 15.0 Å². The molecule has 1 aliphatic heterocycles. The van der Waals surface area contributed by atoms with Gasteiger partial charge in [0, 0.05) is 12.1 Å². The van der Waals surface area contributed by atoms with Crippen molar-refractivity contribution in [1.29, 1.82) is 0 Å². The molecule has 1 aromatic carbocycles. The molecule has 116 valence electrons. The Labute approximate surface area is 128 Å². The van der Waals surface area contributed by atoms with Crippen molar-refractivity contribution in [2.45, 2.75) is 44.7 Å². The van der Waals surface area contributed by atoms with E-state index in [2.05, 4.69) is 41.4 Å². The van der Waals surface area contributed by atoms with Crippen molar-refractivity contribution in [3.05, 3.63) is 29.8 Å². The number of ether oxygens (including phenoxy) is 1. The molecule has 21 heavy (non-hydrogen) atoms. The zero-order chi connectivity index (χ0) is 14.7. The molecule has 1 aromatic rings. The molecular formula is C18H28N2O. The number of nitrogens with one attached hydrogen (secondary N) is 1. The van der Waals surface area contributed by atoms with E-state index in [0.717, 1.165) is 11.7 Å². The molecule has 1 saturated heterocycles. The van der Waals surface area contributed by atoms with Crippen LogP contribution in [0.1, 0.15) is 44.2 Å². The largest absolute Gasteiger partial charge is 0.497 e. The SMILES string of the molecule is CCN1CCC(NC(c2ccc(OC)cc2)C2CC2)CC1. The molecule has 1 heterocycles. The van der Waals surface area contributed by atoms with E-state index in [4.69, 9.17) is 4.74 Å². The maximum atomic E-state index is 5.27. The number of rotatable bonds is 6. The maximum absolute atomic E-state index is 5.27. The Morgan fingerprint density at radius 1 is 1.14 bits per heavy atom. The topological polar surface area (TPSA) is 24.5 Å². The first-order valence-electron chi connectivity index (χ1n) is 8.42. The van der Waals surface area contributed by atoms with Crippen LogP contribution in [-0.4, -0.2) is 37.7 Å². The average Bonchev–Trinajstić information content (AvgIpc) is 3.38. The molecule has 0 amide bonds. The summed E-state index contributed by atoms with van der Waals surface area (Å²) in [7, 11) is 1.73. The third kappa shape index (κ3) is 3.78. The first-order valence-corrected chi connectivity index (χ1v) is 8.42. The lowest BCUT2D eigenvalue weighted by molar-refractivity contribution is 0.195. The van der Waals surface area contributed by atoms with E-state index in [1.165, 1.54) is 50.9 Å². The standard InChI is InChI=1S/C18H28N2O/c1-3-20-12-10-16(11-13-20)19-18(14-4-5-14)15-6-8-17(21-2)9-7-15/h6-9,14,16,18-19H,3-5,10-13H2,1-2H3. The highest BCUT2D eigenvalue weighted by Gasteiger charge is 2.34. The van der Waals surface area contributed by atoms with E-state index in [-0.39, 0.29) is 0 Å². The smallest absolute Gasteiger partial charge is 0.118 e. The van der Waals surface area contributed by atoms with Crippen molar-refractivity contribution in [3.63, 3.8) is 0 Å². The van der Waals surface area contributed by atoms with Crippen LogP contribution in [0.4, 0.5) is 0 Å². The highest BCUT2D eigenvalue weighted by Crippen LogP contribution is 2.42. The minimum atomic E-state index is 0.536. The Morgan fingerprint density at radius 2 is 1.81 bits per heavy atom. The van der Waals surface area contributed by atoms with Gasteiger partial charge in [-0.05, 0) is 68.9 Å². The summed E-state index contributed by atoms with van der Waals surface area (Å²) >= 11 is 0. The van der Waals surface area contributed by atoms with Crippen molar-refractivity contribution >= 4 is 0 Å². The second-order valence-electron chi connectivity index (χ2n) is 6.46. The molecule has 0 bridgehead atoms. The number of methoxy groups -OCH3 is 1. The summed E-state index contributed by atoms with van der Waals surface area (Å²) in [5.41, 5.74) is 1.43. The number of nitrogens with zero attached hydrogens (tertiary/aromatic N) is 1. The molecule has 1 atom stereocenters. The Morgan fingerprint density at radius 3 is 2.33 bits per heavy atom. The van der Waals surface area contributed by atoms with Crippen LogP contribution in [0.5, 0.6) is 5.75 Å². The minimum absolute atomic E-state index is 0.536. The normalized spacial score (nSPS) is 22.2. The van der Waals surface area contributed by atoms with E-state index >= 15 is 0 Å². The fraction of sp³-hybridized carbons (Fsp3) is 0.667. The highest BCUT2D eigenvalue weighted by molar-refractivity contribution is 5.30. The molecule has 2 aliphatic rings. The fourth-order valence-electron chi connectivity index (χ4n) is 3.42. The summed E-state index contributed by atoms with van der Waals surface area (Å²) in [6.07, 6.45) is 5.31. The summed E-state index contributed by atoms with van der Waals surface area (Å²) in [4.78, 5) is 2.55. The van der Waals surface area contributed by atoms with Gasteiger partial charge in [0.1, 0.15) is 5.75 Å². The molecule has 3 heteroatoms. The van der Waals surface area contributed by atoms with Crippen LogP contribution < -0.4 is 10.1 Å². The second-order valence-corrected chi connectivity index (χ2v) is 6.46. The molecule has 0 radical (unpaired) electrons. The first kappa shape index (κ1) is 14.9. The van der Waals surface area contributed by atoms with Crippen LogP contribution >= 0.6 is 0 Å². The maximum Gasteiger partial charge on any atom is 0.118 e. The molecule has 1 unspecified atom stereocenters. The molecule has 0 spiro atoms. The van der Waals surface area contributed by atoms with Gasteiger partial charge in [-0.25, -0.2) is 0 Å². The van der Waals surface area contributed by atoms with Crippen LogP contribution in [0.3, 0.4) is 0 Å². The van der Waals surface area contributed by atoms with Gasteiger partial charge >= 0.3 is 0 Å². The van der Waals surface area contributed by atoms with Crippen LogP contribution in [0.15, 0.2) is 24.3 Å². The van der Waals surface area contributed by atoms with E-state index < -0.39 is 0 Å². The van der Waals surface area contributed by atoms with Crippen molar-refractivity contribution in [3.8, 4) is 5.75 Å². The zero-order valence-corrected chi connectivity index (χ0v) is 13.3. The number of piperidine rings is 1. The molecule has 0 aromatic heterocycles. The lowest BCUT2D eigenvalue weighted by Gasteiger charge is -2.34. The average molecular weight is 288 g/mol. The Balaban J connectivity index is 1.62. The van der Waals surface area contributed by atoms with Crippen LogP contribution in [0.2, 0.25) is 0 Å². The lowest BCUT2D eigenvalue weighted by atomic mass is 9.98. The van der Waals surface area contributed by atoms with Gasteiger partial charge in [-0.15, -0.1) is 0 Å². The number of benzene rings is 1. The third-order valence-corrected chi connectivity index (χ3v) is 5.02. The fourth-order valence-corrected chi connectivity index (χ4v) is 3.42. The lowest BCUT2D eigenvalue weighted by Crippen LogP contribution is -2.44. The number of likely N-dealkylation sites (tertiary alicyclic amines) is 1. The van der Waals surface area contributed by atoms with Gasteiger partial charge in [-0.3, -0.25) is 0 Å². The Bertz CT molecular complexity index is 433. The second kappa shape index (κ2) is 6.80. The Hall–Kier alpha value is -1.06. The molecule has 1 N–H and O–H groups in total. The van der Waals surface area contributed by atoms with Gasteiger partial charge in [0.2, 0.25) is 0 Å². The van der Waals surface area contributed by atoms with Crippen LogP contribution in [-0.2, 0) is 0 Å². The van der Waals surface area contributed by atoms with Gasteiger partial charge in [-0.1, -0.05) is 19.1 Å². The monoisotopic (exact) mass is 288 g/mol. The van der Waals surface area contributed by atoms with Crippen molar-refractivity contribution in [1.82, 2.24) is 10.2 Å². The third-order valence-electron chi connectivity index (χ3n) is 5.02. The quantitative estimate of drug-likeness (QED) is 0.870. The van der Waals surface area contributed by atoms with Crippen LogP contribution in [0.25, 0.3) is 0 Å². The van der Waals surface area contributed by atoms with Gasteiger partial charge in [0.15, 0.2) is 0 Å². The van der Waals surface area contributed by atoms with Crippen molar-refractivity contribution < 1.29 is 4.74 Å². The van der Waals surface area contributed by atoms with Gasteiger partial charge in [0.25, 0.3) is 0 Å². The summed E-state index contributed by atoms with van der Waals surface area (Å²) in [6.45, 7) is 5.94. The number of hydrogen-bond donors (Lipinski definition) is 1. The molecule has 1 saturated carbocycles. The Kier molecular flexibility index (Phi) is 4.81. The van der Waals surface area contributed by atoms with Crippen molar-refractivity contribution in [2.75, 3.05) is 26.7 Å². The molecule has 3 rings (SSSR count). The van der Waals surface area contributed by atoms with E-state index in [1.54, 1.807) is 7.11 Å². The number of hydrogen-bond acceptors (Lipinski definition) is 3. The molecule has 3 nitrogen and oxygen atoms in total. The minimum Gasteiger partial charge on any atom is -0.497 e. The zero-order valence-electron chi connectivity index (χ0n) is 13.3. The first-order chi connectivity index (χ1) is 10.3. The molecular weight excluding hydrogens is 260 g/mol. The van der Waals surface area contributed by atoms with E-state index in [9.17, 15) is 0 Å². The summed E-state index contributed by atoms with van der Waals surface area (Å²) in [5, 5.41) is 3.95. The van der Waals surface area contributed by atoms with Gasteiger partial charge in [0.05, 0.1) is 7.11 Å². The summed E-state index contributed by atoms with van der Waals surface area (Å²) < 4.78 is 5.27. The van der Waals surface area contributed by atoms with E-state index in [0.29, 0.717) is 12.1 Å². The summed E-state index contributed by atoms with van der Waals surface area (Å²) in [6, 6.07) is 9.86.